The van der Waals surface area contributed by atoms with Crippen molar-refractivity contribution in [2.45, 2.75) is 31.7 Å². The fourth-order valence-corrected chi connectivity index (χ4v) is 1.58. The number of hydrogen-bond donors (Lipinski definition) is 2. The zero-order valence-electron chi connectivity index (χ0n) is 7.68. The van der Waals surface area contributed by atoms with E-state index in [0.29, 0.717) is 18.4 Å². The molecule has 0 radical (unpaired) electrons. The maximum atomic E-state index is 11.3. The molecule has 0 unspecified atom stereocenters. The van der Waals surface area contributed by atoms with Gasteiger partial charge in [-0.1, -0.05) is 0 Å². The number of amidine groups is 1. The summed E-state index contributed by atoms with van der Waals surface area (Å²) in [5.74, 6) is 0.695. The van der Waals surface area contributed by atoms with E-state index in [0.717, 1.165) is 32.2 Å². The molecule has 1 saturated heterocycles. The van der Waals surface area contributed by atoms with Gasteiger partial charge < -0.3 is 10.2 Å². The fraction of sp³-hybridized carbons (Fsp3) is 0.778. The van der Waals surface area contributed by atoms with E-state index in [-0.39, 0.29) is 5.91 Å². The van der Waals surface area contributed by atoms with Crippen LogP contribution in [0.25, 0.3) is 0 Å². The molecular weight excluding hydrogens is 166 g/mol. The number of carbonyl (C=O) groups excluding carboxylic acids is 1. The molecule has 72 valence electrons. The fourth-order valence-electron chi connectivity index (χ4n) is 1.58. The van der Waals surface area contributed by atoms with Gasteiger partial charge in [-0.15, -0.1) is 0 Å². The molecule has 1 aliphatic carbocycles. The van der Waals surface area contributed by atoms with Crippen LogP contribution in [0.1, 0.15) is 25.7 Å². The number of hydrogen-bond acceptors (Lipinski definition) is 2. The van der Waals surface area contributed by atoms with Crippen LogP contribution in [0.3, 0.4) is 0 Å². The Morgan fingerprint density at radius 1 is 1.62 bits per heavy atom. The number of nitrogens with one attached hydrogen (secondary N) is 2. The normalized spacial score (nSPS) is 22.2. The van der Waals surface area contributed by atoms with E-state index in [1.807, 2.05) is 4.90 Å². The molecule has 0 bridgehead atoms. The molecule has 0 aromatic carbocycles. The van der Waals surface area contributed by atoms with Gasteiger partial charge in [0.05, 0.1) is 12.4 Å². The minimum absolute atomic E-state index is 0.0779. The van der Waals surface area contributed by atoms with Crippen LogP contribution in [0, 0.1) is 5.41 Å². The number of carbonyl (C=O) groups is 1. The first-order valence-electron chi connectivity index (χ1n) is 4.87. The quantitative estimate of drug-likeness (QED) is 0.659. The third-order valence-electron chi connectivity index (χ3n) is 2.50. The van der Waals surface area contributed by atoms with E-state index >= 15 is 0 Å². The molecule has 4 heteroatoms. The standard InChI is InChI=1S/C9H15N3O/c10-8-2-1-5-12(8)6-9(13)11-7-3-4-7/h7,10H,1-6H2,(H,11,13). The molecule has 2 N–H and O–H groups in total. The minimum Gasteiger partial charge on any atom is -0.352 e. The van der Waals surface area contributed by atoms with E-state index in [2.05, 4.69) is 5.32 Å². The van der Waals surface area contributed by atoms with Gasteiger partial charge >= 0.3 is 0 Å². The maximum Gasteiger partial charge on any atom is 0.239 e. The lowest BCUT2D eigenvalue weighted by Gasteiger charge is -2.16. The van der Waals surface area contributed by atoms with E-state index < -0.39 is 0 Å². The van der Waals surface area contributed by atoms with Gasteiger partial charge in [-0.05, 0) is 19.3 Å². The molecule has 0 spiro atoms. The zero-order chi connectivity index (χ0) is 9.26. The Labute approximate surface area is 77.8 Å². The molecule has 2 rings (SSSR count). The number of nitrogens with zero attached hydrogens (tertiary/aromatic N) is 1. The van der Waals surface area contributed by atoms with Gasteiger partial charge in [-0.3, -0.25) is 10.2 Å². The van der Waals surface area contributed by atoms with Crippen molar-refractivity contribution >= 4 is 11.7 Å². The highest BCUT2D eigenvalue weighted by Crippen LogP contribution is 2.18. The summed E-state index contributed by atoms with van der Waals surface area (Å²) in [6.07, 6.45) is 4.11. The van der Waals surface area contributed by atoms with Crippen LogP contribution in [-0.4, -0.2) is 35.8 Å². The van der Waals surface area contributed by atoms with Gasteiger partial charge in [-0.2, -0.15) is 0 Å². The van der Waals surface area contributed by atoms with Crippen molar-refractivity contribution in [2.24, 2.45) is 0 Å². The molecule has 2 aliphatic rings. The largest absolute Gasteiger partial charge is 0.352 e. The summed E-state index contributed by atoms with van der Waals surface area (Å²) >= 11 is 0. The monoisotopic (exact) mass is 181 g/mol. The van der Waals surface area contributed by atoms with Gasteiger partial charge in [0.15, 0.2) is 0 Å². The highest BCUT2D eigenvalue weighted by Gasteiger charge is 2.25. The molecule has 4 nitrogen and oxygen atoms in total. The molecular formula is C9H15N3O. The maximum absolute atomic E-state index is 11.3. The molecule has 1 saturated carbocycles. The van der Waals surface area contributed by atoms with Crippen LogP contribution < -0.4 is 5.32 Å². The Bertz CT molecular complexity index is 235. The SMILES string of the molecule is N=C1CCCN1CC(=O)NC1CC1. The van der Waals surface area contributed by atoms with Gasteiger partial charge in [-0.25, -0.2) is 0 Å². The number of likely N-dealkylation sites (tertiary alicyclic amines) is 1. The number of rotatable bonds is 3. The first-order chi connectivity index (χ1) is 6.25. The van der Waals surface area contributed by atoms with Crippen LogP contribution in [0.2, 0.25) is 0 Å². The molecule has 1 aliphatic heterocycles. The Kier molecular flexibility index (Phi) is 2.20. The second kappa shape index (κ2) is 3.36. The topological polar surface area (TPSA) is 56.2 Å². The van der Waals surface area contributed by atoms with Crippen molar-refractivity contribution in [2.75, 3.05) is 13.1 Å². The van der Waals surface area contributed by atoms with Crippen molar-refractivity contribution < 1.29 is 4.79 Å². The molecule has 1 amide bonds. The highest BCUT2D eigenvalue weighted by atomic mass is 16.2. The summed E-state index contributed by atoms with van der Waals surface area (Å²) in [5.41, 5.74) is 0. The molecule has 0 atom stereocenters. The van der Waals surface area contributed by atoms with Crippen molar-refractivity contribution in [3.63, 3.8) is 0 Å². The summed E-state index contributed by atoms with van der Waals surface area (Å²) in [6, 6.07) is 0.435. The predicted octanol–water partition coefficient (Wildman–Crippen LogP) is 0.338. The van der Waals surface area contributed by atoms with Crippen molar-refractivity contribution in [3.8, 4) is 0 Å². The van der Waals surface area contributed by atoms with Crippen LogP contribution in [0.4, 0.5) is 0 Å². The first kappa shape index (κ1) is 8.53. The van der Waals surface area contributed by atoms with Crippen LogP contribution in [0.5, 0.6) is 0 Å². The minimum atomic E-state index is 0.0779. The molecule has 1 heterocycles. The number of amides is 1. The van der Waals surface area contributed by atoms with Crippen molar-refractivity contribution in [1.29, 1.82) is 5.41 Å². The summed E-state index contributed by atoms with van der Waals surface area (Å²) < 4.78 is 0. The van der Waals surface area contributed by atoms with Gasteiger partial charge in [0, 0.05) is 19.0 Å². The third kappa shape index (κ3) is 2.20. The molecule has 13 heavy (non-hydrogen) atoms. The lowest BCUT2D eigenvalue weighted by Crippen LogP contribution is -2.38. The highest BCUT2D eigenvalue weighted by molar-refractivity contribution is 5.87. The van der Waals surface area contributed by atoms with Crippen LogP contribution in [0.15, 0.2) is 0 Å². The third-order valence-corrected chi connectivity index (χ3v) is 2.50. The van der Waals surface area contributed by atoms with Gasteiger partial charge in [0.2, 0.25) is 5.91 Å². The average molecular weight is 181 g/mol. The Morgan fingerprint density at radius 3 is 2.92 bits per heavy atom. The first-order valence-corrected chi connectivity index (χ1v) is 4.87. The lowest BCUT2D eigenvalue weighted by molar-refractivity contribution is -0.121. The second-order valence-corrected chi connectivity index (χ2v) is 3.81. The summed E-state index contributed by atoms with van der Waals surface area (Å²) in [7, 11) is 0. The van der Waals surface area contributed by atoms with Gasteiger partial charge in [0.25, 0.3) is 0 Å². The molecule has 2 fully saturated rings. The van der Waals surface area contributed by atoms with Crippen molar-refractivity contribution in [1.82, 2.24) is 10.2 Å². The average Bonchev–Trinajstić information content (AvgIpc) is 2.79. The molecule has 0 aromatic rings. The van der Waals surface area contributed by atoms with E-state index in [1.165, 1.54) is 0 Å². The Balaban J connectivity index is 1.75. The smallest absolute Gasteiger partial charge is 0.239 e. The zero-order valence-corrected chi connectivity index (χ0v) is 7.68. The summed E-state index contributed by atoms with van der Waals surface area (Å²) in [5, 5.41) is 10.5. The lowest BCUT2D eigenvalue weighted by atomic mass is 10.4. The van der Waals surface area contributed by atoms with Crippen LogP contribution >= 0.6 is 0 Å². The summed E-state index contributed by atoms with van der Waals surface area (Å²) in [6.45, 7) is 1.26. The Hall–Kier alpha value is -1.06. The van der Waals surface area contributed by atoms with E-state index in [9.17, 15) is 4.79 Å². The molecule has 0 aromatic heterocycles. The Morgan fingerprint density at radius 2 is 2.38 bits per heavy atom. The van der Waals surface area contributed by atoms with Crippen molar-refractivity contribution in [3.05, 3.63) is 0 Å². The van der Waals surface area contributed by atoms with E-state index in [4.69, 9.17) is 5.41 Å². The second-order valence-electron chi connectivity index (χ2n) is 3.81. The van der Waals surface area contributed by atoms with Gasteiger partial charge in [0.1, 0.15) is 0 Å². The summed E-state index contributed by atoms with van der Waals surface area (Å²) in [4.78, 5) is 13.2. The van der Waals surface area contributed by atoms with Crippen LogP contribution in [-0.2, 0) is 4.79 Å². The van der Waals surface area contributed by atoms with E-state index in [1.54, 1.807) is 0 Å². The predicted molar refractivity (Wildman–Crippen MR) is 49.7 cm³/mol.